The number of carbonyl (C=O) groups excluding carboxylic acids is 1. The maximum Gasteiger partial charge on any atom is 0.245 e. The molecule has 0 spiro atoms. The van der Waals surface area contributed by atoms with E-state index in [0.717, 1.165) is 24.3 Å². The molecule has 10 heteroatoms. The van der Waals surface area contributed by atoms with Gasteiger partial charge in [-0.2, -0.15) is 9.97 Å². The number of nitrogens with zero attached hydrogens (tertiary/aromatic N) is 5. The van der Waals surface area contributed by atoms with Crippen molar-refractivity contribution in [2.75, 3.05) is 44.5 Å². The second kappa shape index (κ2) is 9.65. The minimum Gasteiger partial charge on any atom is -0.491 e. The molecular formula is C22H27N7O3. The second-order valence-corrected chi connectivity index (χ2v) is 7.51. The Hall–Kier alpha value is -3.66. The molecule has 0 unspecified atom stereocenters. The van der Waals surface area contributed by atoms with Gasteiger partial charge in [-0.3, -0.25) is 4.79 Å². The number of ether oxygens (including phenoxy) is 2. The van der Waals surface area contributed by atoms with Crippen molar-refractivity contribution in [3.63, 3.8) is 0 Å². The number of benzene rings is 1. The molecule has 0 saturated carbocycles. The number of aromatic nitrogens is 4. The van der Waals surface area contributed by atoms with Crippen molar-refractivity contribution in [3.05, 3.63) is 43.2 Å². The van der Waals surface area contributed by atoms with Crippen molar-refractivity contribution < 1.29 is 14.3 Å². The largest absolute Gasteiger partial charge is 0.491 e. The third-order valence-corrected chi connectivity index (χ3v) is 5.46. The van der Waals surface area contributed by atoms with Gasteiger partial charge >= 0.3 is 0 Å². The molecule has 1 fully saturated rings. The van der Waals surface area contributed by atoms with Crippen LogP contribution in [0.2, 0.25) is 0 Å². The predicted octanol–water partition coefficient (Wildman–Crippen LogP) is 2.53. The van der Waals surface area contributed by atoms with E-state index in [2.05, 4.69) is 26.8 Å². The summed E-state index contributed by atoms with van der Waals surface area (Å²) >= 11 is 0. The summed E-state index contributed by atoms with van der Waals surface area (Å²) in [5, 5.41) is 3.19. The number of carbonyl (C=O) groups is 1. The summed E-state index contributed by atoms with van der Waals surface area (Å²) in [5.41, 5.74) is 8.22. The van der Waals surface area contributed by atoms with Gasteiger partial charge in [-0.05, 0) is 43.2 Å². The Morgan fingerprint density at radius 2 is 2.00 bits per heavy atom. The van der Waals surface area contributed by atoms with Crippen LogP contribution in [0.15, 0.2) is 43.2 Å². The molecule has 1 aliphatic heterocycles. The van der Waals surface area contributed by atoms with E-state index in [1.165, 1.54) is 6.08 Å². The lowest BCUT2D eigenvalue weighted by molar-refractivity contribution is -0.127. The lowest BCUT2D eigenvalue weighted by atomic mass is 10.0. The summed E-state index contributed by atoms with van der Waals surface area (Å²) in [4.78, 5) is 27.1. The quantitative estimate of drug-likeness (QED) is 0.407. The fraction of sp³-hybridized carbons (Fsp3) is 0.364. The zero-order chi connectivity index (χ0) is 22.5. The SMILES string of the molecule is C=CC(=O)N1CCC(n2cnc3c(N)nc(Nc4ccc(OCCOC)cc4)nc32)CC1. The molecule has 3 heterocycles. The number of nitrogens with one attached hydrogen (secondary N) is 1. The van der Waals surface area contributed by atoms with E-state index in [9.17, 15) is 4.79 Å². The molecule has 1 saturated heterocycles. The van der Waals surface area contributed by atoms with Crippen LogP contribution in [0.3, 0.4) is 0 Å². The van der Waals surface area contributed by atoms with Gasteiger partial charge in [0, 0.05) is 31.9 Å². The molecule has 1 amide bonds. The van der Waals surface area contributed by atoms with Crippen LogP contribution in [0.25, 0.3) is 11.2 Å². The van der Waals surface area contributed by atoms with Crippen LogP contribution in [0.5, 0.6) is 5.75 Å². The third kappa shape index (κ3) is 4.65. The summed E-state index contributed by atoms with van der Waals surface area (Å²) in [7, 11) is 1.64. The standard InChI is InChI=1S/C22H27N7O3/c1-3-18(30)28-10-8-16(9-11-28)29-14-24-19-20(23)26-22(27-21(19)29)25-15-4-6-17(7-5-15)32-13-12-31-2/h3-7,14,16H,1,8-13H2,2H3,(H3,23,25,26,27). The zero-order valence-electron chi connectivity index (χ0n) is 18.0. The molecule has 0 atom stereocenters. The van der Waals surface area contributed by atoms with Gasteiger partial charge in [0.05, 0.1) is 12.9 Å². The number of rotatable bonds is 8. The van der Waals surface area contributed by atoms with Crippen LogP contribution in [0.1, 0.15) is 18.9 Å². The summed E-state index contributed by atoms with van der Waals surface area (Å²) in [6.45, 7) is 5.92. The van der Waals surface area contributed by atoms with Crippen LogP contribution in [-0.2, 0) is 9.53 Å². The van der Waals surface area contributed by atoms with E-state index < -0.39 is 0 Å². The molecule has 1 aromatic carbocycles. The van der Waals surface area contributed by atoms with Crippen LogP contribution in [0.4, 0.5) is 17.5 Å². The highest BCUT2D eigenvalue weighted by Crippen LogP contribution is 2.28. The van der Waals surface area contributed by atoms with Crippen LogP contribution < -0.4 is 15.8 Å². The van der Waals surface area contributed by atoms with Gasteiger partial charge in [0.1, 0.15) is 17.9 Å². The highest BCUT2D eigenvalue weighted by Gasteiger charge is 2.25. The molecular weight excluding hydrogens is 410 g/mol. The Morgan fingerprint density at radius 1 is 1.25 bits per heavy atom. The van der Waals surface area contributed by atoms with E-state index >= 15 is 0 Å². The molecule has 0 bridgehead atoms. The van der Waals surface area contributed by atoms with Crippen molar-refractivity contribution in [2.45, 2.75) is 18.9 Å². The van der Waals surface area contributed by atoms with Crippen molar-refractivity contribution in [1.82, 2.24) is 24.4 Å². The first-order valence-electron chi connectivity index (χ1n) is 10.5. The van der Waals surface area contributed by atoms with E-state index in [-0.39, 0.29) is 11.9 Å². The first-order chi connectivity index (χ1) is 15.6. The number of piperidine rings is 1. The average molecular weight is 438 g/mol. The first-order valence-corrected chi connectivity index (χ1v) is 10.5. The normalized spacial score (nSPS) is 14.5. The van der Waals surface area contributed by atoms with Gasteiger partial charge in [-0.25, -0.2) is 4.98 Å². The Balaban J connectivity index is 1.49. The summed E-state index contributed by atoms with van der Waals surface area (Å²) in [5.74, 6) is 1.43. The van der Waals surface area contributed by atoms with Gasteiger partial charge in [0.15, 0.2) is 11.5 Å². The molecule has 0 aliphatic carbocycles. The summed E-state index contributed by atoms with van der Waals surface area (Å²) in [6, 6.07) is 7.68. The van der Waals surface area contributed by atoms with E-state index in [1.807, 2.05) is 33.7 Å². The van der Waals surface area contributed by atoms with Crippen LogP contribution >= 0.6 is 0 Å². The summed E-state index contributed by atoms with van der Waals surface area (Å²) < 4.78 is 12.6. The van der Waals surface area contributed by atoms with Gasteiger partial charge in [0.25, 0.3) is 0 Å². The van der Waals surface area contributed by atoms with Crippen molar-refractivity contribution >= 4 is 34.5 Å². The number of imidazole rings is 1. The Labute approximate surface area is 186 Å². The third-order valence-electron chi connectivity index (χ3n) is 5.46. The molecule has 4 rings (SSSR count). The highest BCUT2D eigenvalue weighted by molar-refractivity contribution is 5.87. The maximum absolute atomic E-state index is 11.9. The molecule has 10 nitrogen and oxygen atoms in total. The number of amides is 1. The molecule has 3 aromatic rings. The molecule has 1 aliphatic rings. The lowest BCUT2D eigenvalue weighted by Gasteiger charge is -2.32. The molecule has 0 radical (unpaired) electrons. The average Bonchev–Trinajstić information content (AvgIpc) is 3.24. The number of anilines is 3. The zero-order valence-corrected chi connectivity index (χ0v) is 18.0. The molecule has 3 N–H and O–H groups in total. The van der Waals surface area contributed by atoms with Gasteiger partial charge in [-0.15, -0.1) is 0 Å². The first kappa shape index (κ1) is 21.6. The van der Waals surface area contributed by atoms with Crippen molar-refractivity contribution in [2.24, 2.45) is 0 Å². The van der Waals surface area contributed by atoms with Crippen molar-refractivity contribution in [1.29, 1.82) is 0 Å². The number of fused-ring (bicyclic) bond motifs is 1. The predicted molar refractivity (Wildman–Crippen MR) is 122 cm³/mol. The minimum absolute atomic E-state index is 0.0351. The Bertz CT molecular complexity index is 1090. The monoisotopic (exact) mass is 437 g/mol. The molecule has 32 heavy (non-hydrogen) atoms. The molecule has 168 valence electrons. The van der Waals surface area contributed by atoms with Gasteiger partial charge in [-0.1, -0.05) is 6.58 Å². The number of nitrogens with two attached hydrogens (primary N) is 1. The number of methoxy groups -OCH3 is 1. The van der Waals surface area contributed by atoms with Gasteiger partial charge < -0.3 is 30.0 Å². The fourth-order valence-corrected chi connectivity index (χ4v) is 3.76. The van der Waals surface area contributed by atoms with Crippen LogP contribution in [0, 0.1) is 0 Å². The number of nitrogen functional groups attached to an aromatic ring is 1. The Morgan fingerprint density at radius 3 is 2.69 bits per heavy atom. The smallest absolute Gasteiger partial charge is 0.245 e. The van der Waals surface area contributed by atoms with E-state index in [0.29, 0.717) is 49.2 Å². The van der Waals surface area contributed by atoms with Crippen LogP contribution in [-0.4, -0.2) is 63.7 Å². The lowest BCUT2D eigenvalue weighted by Crippen LogP contribution is -2.38. The van der Waals surface area contributed by atoms with E-state index in [1.54, 1.807) is 13.4 Å². The van der Waals surface area contributed by atoms with E-state index in [4.69, 9.17) is 15.2 Å². The maximum atomic E-state index is 11.9. The number of hydrogen-bond acceptors (Lipinski definition) is 8. The fourth-order valence-electron chi connectivity index (χ4n) is 3.76. The molecule has 2 aromatic heterocycles. The minimum atomic E-state index is -0.0351. The highest BCUT2D eigenvalue weighted by atomic mass is 16.5. The Kier molecular flexibility index (Phi) is 6.50. The summed E-state index contributed by atoms with van der Waals surface area (Å²) in [6.07, 6.45) is 4.73. The number of hydrogen-bond donors (Lipinski definition) is 2. The van der Waals surface area contributed by atoms with Crippen molar-refractivity contribution in [3.8, 4) is 5.75 Å². The topological polar surface area (TPSA) is 120 Å². The number of likely N-dealkylation sites (tertiary alicyclic amines) is 1. The second-order valence-electron chi connectivity index (χ2n) is 7.51. The van der Waals surface area contributed by atoms with Gasteiger partial charge in [0.2, 0.25) is 11.9 Å².